The zero-order chi connectivity index (χ0) is 35.3. The quantitative estimate of drug-likeness (QED) is 0.225. The van der Waals surface area contributed by atoms with E-state index in [0.717, 1.165) is 6.07 Å². The summed E-state index contributed by atoms with van der Waals surface area (Å²) in [6, 6.07) is 11.3. The molecule has 2 aliphatic rings. The Morgan fingerprint density at radius 1 is 0.833 bits per heavy atom. The molecular weight excluding hydrogens is 673 g/mol. The first-order chi connectivity index (χ1) is 22.4. The summed E-state index contributed by atoms with van der Waals surface area (Å²) < 4.78 is 122. The molecule has 5 rings (SSSR count). The zero-order valence-corrected chi connectivity index (χ0v) is 25.6. The molecular formula is C32H27F7N2O6S. The topological polar surface area (TPSA) is 122 Å². The van der Waals surface area contributed by atoms with Gasteiger partial charge < -0.3 is 5.11 Å². The van der Waals surface area contributed by atoms with Crippen LogP contribution in [0.15, 0.2) is 77.8 Å². The van der Waals surface area contributed by atoms with Crippen LogP contribution in [0.3, 0.4) is 0 Å². The lowest BCUT2D eigenvalue weighted by atomic mass is 9.81. The minimum atomic E-state index is -6.44. The number of amides is 2. The number of pyridine rings is 1. The van der Waals surface area contributed by atoms with Gasteiger partial charge in [-0.25, -0.2) is 12.8 Å². The predicted octanol–water partition coefficient (Wildman–Crippen LogP) is 6.36. The van der Waals surface area contributed by atoms with E-state index in [1.165, 1.54) is 24.4 Å². The number of imide groups is 1. The van der Waals surface area contributed by atoms with Gasteiger partial charge in [-0.15, -0.1) is 0 Å². The van der Waals surface area contributed by atoms with Crippen LogP contribution in [0.1, 0.15) is 43.2 Å². The number of carbonyl (C=O) groups is 3. The van der Waals surface area contributed by atoms with Gasteiger partial charge in [0.1, 0.15) is 0 Å². The average molecular weight is 701 g/mol. The summed E-state index contributed by atoms with van der Waals surface area (Å²) in [5.41, 5.74) is -7.62. The van der Waals surface area contributed by atoms with Gasteiger partial charge in [-0.05, 0) is 61.9 Å². The molecule has 0 radical (unpaired) electrons. The molecule has 1 saturated carbocycles. The standard InChI is InChI=1S/C32H27F7N2O6S/c33-30(31(34,35)36,32(37,38)39)23-13-11-22(12-14-23)29(48(46,47)24-5-3-4-21(18-24)25-6-1-2-16-40-25)15-17-41(28(29)45)26(42)19-7-9-20(10-8-19)27(43)44/h1-6,11-14,16,18-20H,7-10,15,17H2,(H,43,44)/t19-,20-,29?. The fourth-order valence-electron chi connectivity index (χ4n) is 6.40. The van der Waals surface area contributed by atoms with Crippen molar-refractivity contribution in [1.29, 1.82) is 0 Å². The van der Waals surface area contributed by atoms with E-state index in [2.05, 4.69) is 4.98 Å². The van der Waals surface area contributed by atoms with Gasteiger partial charge in [-0.2, -0.15) is 26.3 Å². The summed E-state index contributed by atoms with van der Waals surface area (Å²) in [6.07, 6.45) is -11.6. The zero-order valence-electron chi connectivity index (χ0n) is 24.8. The van der Waals surface area contributed by atoms with Gasteiger partial charge in [-0.1, -0.05) is 42.5 Å². The Bertz CT molecular complexity index is 1810. The van der Waals surface area contributed by atoms with Gasteiger partial charge in [0.05, 0.1) is 16.5 Å². The Morgan fingerprint density at radius 3 is 1.98 bits per heavy atom. The molecule has 2 amide bonds. The van der Waals surface area contributed by atoms with E-state index in [4.69, 9.17) is 0 Å². The first-order valence-electron chi connectivity index (χ1n) is 14.6. The third-order valence-electron chi connectivity index (χ3n) is 9.06. The van der Waals surface area contributed by atoms with Crippen molar-refractivity contribution < 1.29 is 58.6 Å². The normalized spacial score (nSPS) is 22.5. The van der Waals surface area contributed by atoms with Crippen LogP contribution in [-0.2, 0) is 34.6 Å². The molecule has 256 valence electrons. The number of alkyl halides is 7. The number of benzene rings is 2. The van der Waals surface area contributed by atoms with Crippen molar-refractivity contribution in [2.24, 2.45) is 11.8 Å². The van der Waals surface area contributed by atoms with Crippen molar-refractivity contribution in [3.63, 3.8) is 0 Å². The molecule has 1 aliphatic heterocycles. The second kappa shape index (κ2) is 12.3. The number of nitrogens with zero attached hydrogens (tertiary/aromatic N) is 2. The van der Waals surface area contributed by atoms with Crippen LogP contribution >= 0.6 is 0 Å². The molecule has 2 heterocycles. The van der Waals surface area contributed by atoms with Crippen LogP contribution in [0, 0.1) is 11.8 Å². The van der Waals surface area contributed by atoms with Crippen molar-refractivity contribution in [2.45, 2.75) is 59.8 Å². The van der Waals surface area contributed by atoms with Gasteiger partial charge in [-0.3, -0.25) is 24.3 Å². The van der Waals surface area contributed by atoms with Gasteiger partial charge in [0, 0.05) is 29.8 Å². The third-order valence-corrected chi connectivity index (χ3v) is 11.5. The van der Waals surface area contributed by atoms with Crippen molar-refractivity contribution >= 4 is 27.6 Å². The number of aromatic nitrogens is 1. The number of hydrogen-bond donors (Lipinski definition) is 1. The molecule has 1 aliphatic carbocycles. The van der Waals surface area contributed by atoms with Crippen LogP contribution in [0.25, 0.3) is 11.3 Å². The van der Waals surface area contributed by atoms with Crippen LogP contribution in [0.5, 0.6) is 0 Å². The molecule has 2 aromatic carbocycles. The molecule has 0 bridgehead atoms. The maximum atomic E-state index is 14.8. The smallest absolute Gasteiger partial charge is 0.435 e. The largest absolute Gasteiger partial charge is 0.481 e. The second-order valence-corrected chi connectivity index (χ2v) is 13.9. The number of sulfone groups is 1. The predicted molar refractivity (Wildman–Crippen MR) is 154 cm³/mol. The van der Waals surface area contributed by atoms with E-state index in [0.29, 0.717) is 28.3 Å². The van der Waals surface area contributed by atoms with E-state index < -0.39 is 91.2 Å². The second-order valence-electron chi connectivity index (χ2n) is 11.7. The Hall–Kier alpha value is -4.34. The van der Waals surface area contributed by atoms with E-state index in [9.17, 15) is 58.6 Å². The first kappa shape index (κ1) is 35.0. The number of aliphatic carboxylic acids is 1. The number of hydrogen-bond acceptors (Lipinski definition) is 6. The summed E-state index contributed by atoms with van der Waals surface area (Å²) in [5, 5.41) is 9.29. The Labute approximate surface area is 269 Å². The van der Waals surface area contributed by atoms with Crippen molar-refractivity contribution in [3.8, 4) is 11.3 Å². The molecule has 48 heavy (non-hydrogen) atoms. The number of likely N-dealkylation sites (tertiary alicyclic amines) is 1. The molecule has 1 N–H and O–H groups in total. The van der Waals surface area contributed by atoms with Gasteiger partial charge >= 0.3 is 24.0 Å². The van der Waals surface area contributed by atoms with Crippen molar-refractivity contribution in [1.82, 2.24) is 9.88 Å². The minimum absolute atomic E-state index is 0.0909. The molecule has 1 atom stereocenters. The molecule has 2 fully saturated rings. The maximum absolute atomic E-state index is 14.8. The van der Waals surface area contributed by atoms with Crippen LogP contribution in [-0.4, -0.2) is 60.1 Å². The lowest BCUT2D eigenvalue weighted by molar-refractivity contribution is -0.348. The fraction of sp³-hybridized carbons (Fsp3) is 0.375. The number of halogens is 7. The lowest BCUT2D eigenvalue weighted by Crippen LogP contribution is -2.50. The molecule has 1 aromatic heterocycles. The van der Waals surface area contributed by atoms with Gasteiger partial charge in [0.15, 0.2) is 14.6 Å². The fourth-order valence-corrected chi connectivity index (χ4v) is 8.49. The summed E-state index contributed by atoms with van der Waals surface area (Å²) in [5.74, 6) is -4.65. The van der Waals surface area contributed by atoms with Gasteiger partial charge in [0.25, 0.3) is 5.91 Å². The highest BCUT2D eigenvalue weighted by atomic mass is 32.2. The van der Waals surface area contributed by atoms with E-state index in [1.54, 1.807) is 18.2 Å². The van der Waals surface area contributed by atoms with Crippen molar-refractivity contribution in [3.05, 3.63) is 84.1 Å². The van der Waals surface area contributed by atoms with Crippen molar-refractivity contribution in [2.75, 3.05) is 6.54 Å². The summed E-state index contributed by atoms with van der Waals surface area (Å²) in [7, 11) is -4.94. The first-order valence-corrected chi connectivity index (χ1v) is 16.1. The SMILES string of the molecule is O=C1N(C(=O)[C@H]2CC[C@H](C(=O)O)CC2)CCC1(c1ccc(C(F)(C(F)(F)F)C(F)(F)F)cc1)S(=O)(=O)c1cccc(-c2ccccn2)c1. The molecule has 1 unspecified atom stereocenters. The van der Waals surface area contributed by atoms with E-state index >= 15 is 0 Å². The highest BCUT2D eigenvalue weighted by Gasteiger charge is 2.73. The van der Waals surface area contributed by atoms with Crippen LogP contribution in [0.4, 0.5) is 30.7 Å². The number of carboxylic acid groups (broad SMARTS) is 1. The molecule has 0 spiro atoms. The van der Waals surface area contributed by atoms with Crippen LogP contribution in [0.2, 0.25) is 0 Å². The van der Waals surface area contributed by atoms with Gasteiger partial charge in [0.2, 0.25) is 5.91 Å². The number of carboxylic acids is 1. The summed E-state index contributed by atoms with van der Waals surface area (Å²) >= 11 is 0. The monoisotopic (exact) mass is 700 g/mol. The molecule has 1 saturated heterocycles. The summed E-state index contributed by atoms with van der Waals surface area (Å²) in [4.78, 5) is 43.6. The average Bonchev–Trinajstić information content (AvgIpc) is 3.41. The Morgan fingerprint density at radius 2 is 1.44 bits per heavy atom. The minimum Gasteiger partial charge on any atom is -0.481 e. The van der Waals surface area contributed by atoms with Crippen LogP contribution < -0.4 is 0 Å². The number of carbonyl (C=O) groups excluding carboxylic acids is 2. The molecule has 8 nitrogen and oxygen atoms in total. The number of rotatable bonds is 7. The summed E-state index contributed by atoms with van der Waals surface area (Å²) in [6.45, 7) is -0.477. The lowest BCUT2D eigenvalue weighted by Gasteiger charge is -2.32. The molecule has 3 aromatic rings. The highest BCUT2D eigenvalue weighted by Crippen LogP contribution is 2.54. The highest BCUT2D eigenvalue weighted by molar-refractivity contribution is 7.93. The van der Waals surface area contributed by atoms with E-state index in [-0.39, 0.29) is 37.8 Å². The third kappa shape index (κ3) is 5.62. The maximum Gasteiger partial charge on any atom is 0.435 e. The Balaban J connectivity index is 1.61. The Kier molecular flexibility index (Phi) is 8.95. The molecule has 16 heteroatoms. The van der Waals surface area contributed by atoms with E-state index in [1.807, 2.05) is 0 Å².